The second-order valence-corrected chi connectivity index (χ2v) is 6.26. The highest BCUT2D eigenvalue weighted by molar-refractivity contribution is 5.79. The van der Waals surface area contributed by atoms with Crippen molar-refractivity contribution in [1.82, 2.24) is 5.32 Å². The summed E-state index contributed by atoms with van der Waals surface area (Å²) in [4.78, 5) is 23.1. The number of rotatable bonds is 8. The molecule has 7 heteroatoms. The molecule has 0 spiro atoms. The van der Waals surface area contributed by atoms with Gasteiger partial charge in [0.15, 0.2) is 0 Å². The van der Waals surface area contributed by atoms with Crippen LogP contribution in [0.2, 0.25) is 0 Å². The molecule has 0 fully saturated rings. The lowest BCUT2D eigenvalue weighted by atomic mass is 10.0. The number of hydrogen-bond donors (Lipinski definition) is 2. The number of carbonyl (C=O) groups is 2. The van der Waals surface area contributed by atoms with Crippen LogP contribution in [-0.2, 0) is 28.6 Å². The van der Waals surface area contributed by atoms with Crippen LogP contribution in [0, 0.1) is 0 Å². The third-order valence-electron chi connectivity index (χ3n) is 4.04. The molecule has 144 valence electrons. The molecule has 2 aromatic rings. The maximum Gasteiger partial charge on any atom is 0.416 e. The highest BCUT2D eigenvalue weighted by atomic mass is 19.4. The van der Waals surface area contributed by atoms with Crippen molar-refractivity contribution in [1.29, 1.82) is 0 Å². The van der Waals surface area contributed by atoms with Crippen molar-refractivity contribution in [2.24, 2.45) is 0 Å². The summed E-state index contributed by atoms with van der Waals surface area (Å²) in [6.45, 7) is 0. The molecule has 2 rings (SSSR count). The van der Waals surface area contributed by atoms with Crippen LogP contribution in [0.25, 0.3) is 0 Å². The van der Waals surface area contributed by atoms with Gasteiger partial charge in [-0.1, -0.05) is 42.5 Å². The van der Waals surface area contributed by atoms with E-state index in [2.05, 4.69) is 5.32 Å². The average molecular weight is 379 g/mol. The first-order valence-corrected chi connectivity index (χ1v) is 8.45. The van der Waals surface area contributed by atoms with Crippen LogP contribution in [0.3, 0.4) is 0 Å². The number of carbonyl (C=O) groups excluding carboxylic acids is 1. The Kier molecular flexibility index (Phi) is 6.98. The van der Waals surface area contributed by atoms with E-state index in [0.717, 1.165) is 17.7 Å². The molecule has 27 heavy (non-hydrogen) atoms. The van der Waals surface area contributed by atoms with E-state index in [1.54, 1.807) is 0 Å². The summed E-state index contributed by atoms with van der Waals surface area (Å²) in [5.74, 6) is -1.31. The van der Waals surface area contributed by atoms with Gasteiger partial charge in [-0.05, 0) is 36.1 Å². The van der Waals surface area contributed by atoms with Gasteiger partial charge in [0.1, 0.15) is 0 Å². The minimum Gasteiger partial charge on any atom is -0.481 e. The molecule has 4 nitrogen and oxygen atoms in total. The zero-order chi connectivity index (χ0) is 19.9. The van der Waals surface area contributed by atoms with E-state index in [0.29, 0.717) is 12.0 Å². The Balaban J connectivity index is 1.98. The number of halogens is 3. The predicted octanol–water partition coefficient (Wildman–Crippen LogP) is 3.84. The van der Waals surface area contributed by atoms with Gasteiger partial charge < -0.3 is 10.4 Å². The molecule has 0 radical (unpaired) electrons. The second kappa shape index (κ2) is 9.21. The van der Waals surface area contributed by atoms with E-state index < -0.39 is 17.7 Å². The molecule has 0 aliphatic heterocycles. The summed E-state index contributed by atoms with van der Waals surface area (Å²) in [6, 6.07) is 13.4. The molecular formula is C20H20F3NO3. The van der Waals surface area contributed by atoms with Crippen molar-refractivity contribution in [3.05, 3.63) is 71.3 Å². The highest BCUT2D eigenvalue weighted by Gasteiger charge is 2.30. The lowest BCUT2D eigenvalue weighted by molar-refractivity contribution is -0.138. The molecule has 0 aliphatic carbocycles. The van der Waals surface area contributed by atoms with Crippen LogP contribution in [0.15, 0.2) is 54.6 Å². The van der Waals surface area contributed by atoms with Crippen molar-refractivity contribution in [2.45, 2.75) is 37.9 Å². The fourth-order valence-corrected chi connectivity index (χ4v) is 2.70. The van der Waals surface area contributed by atoms with Crippen LogP contribution >= 0.6 is 0 Å². The maximum absolute atomic E-state index is 12.6. The summed E-state index contributed by atoms with van der Waals surface area (Å²) >= 11 is 0. The van der Waals surface area contributed by atoms with Crippen molar-refractivity contribution in [3.63, 3.8) is 0 Å². The average Bonchev–Trinajstić information content (AvgIpc) is 2.60. The van der Waals surface area contributed by atoms with Crippen LogP contribution in [0.5, 0.6) is 0 Å². The monoisotopic (exact) mass is 379 g/mol. The number of benzene rings is 2. The minimum atomic E-state index is -4.42. The number of nitrogens with one attached hydrogen (secondary N) is 1. The number of amides is 1. The first-order chi connectivity index (χ1) is 12.7. The number of alkyl halides is 3. The molecule has 0 aliphatic rings. The lowest BCUT2D eigenvalue weighted by Gasteiger charge is -2.18. The Morgan fingerprint density at radius 1 is 0.963 bits per heavy atom. The van der Waals surface area contributed by atoms with Gasteiger partial charge in [0.25, 0.3) is 0 Å². The van der Waals surface area contributed by atoms with Crippen molar-refractivity contribution in [2.75, 3.05) is 0 Å². The van der Waals surface area contributed by atoms with Gasteiger partial charge in [-0.25, -0.2) is 0 Å². The molecule has 1 atom stereocenters. The molecule has 0 saturated heterocycles. The summed E-state index contributed by atoms with van der Waals surface area (Å²) < 4.78 is 37.8. The Labute approximate surface area is 155 Å². The molecule has 0 saturated carbocycles. The standard InChI is InChI=1S/C20H20F3NO3/c21-20(22,23)16-8-6-15(7-9-16)13-18(25)24-17(10-11-19(26)27)12-14-4-2-1-3-5-14/h1-9,17H,10-13H2,(H,24,25)(H,26,27). The number of carboxylic acids is 1. The van der Waals surface area contributed by atoms with Gasteiger partial charge in [-0.3, -0.25) is 9.59 Å². The van der Waals surface area contributed by atoms with Gasteiger partial charge >= 0.3 is 12.1 Å². The molecule has 0 heterocycles. The molecular weight excluding hydrogens is 359 g/mol. The Hall–Kier alpha value is -2.83. The first-order valence-electron chi connectivity index (χ1n) is 8.45. The largest absolute Gasteiger partial charge is 0.481 e. The van der Waals surface area contributed by atoms with Crippen molar-refractivity contribution < 1.29 is 27.9 Å². The molecule has 1 amide bonds. The quantitative estimate of drug-likeness (QED) is 0.732. The van der Waals surface area contributed by atoms with Crippen LogP contribution < -0.4 is 5.32 Å². The van der Waals surface area contributed by atoms with Crippen molar-refractivity contribution in [3.8, 4) is 0 Å². The fourth-order valence-electron chi connectivity index (χ4n) is 2.70. The third kappa shape index (κ3) is 7.13. The summed E-state index contributed by atoms with van der Waals surface area (Å²) in [5, 5.41) is 11.7. The minimum absolute atomic E-state index is 0.0729. The van der Waals surface area contributed by atoms with Gasteiger partial charge in [0, 0.05) is 12.5 Å². The second-order valence-electron chi connectivity index (χ2n) is 6.26. The SMILES string of the molecule is O=C(O)CCC(Cc1ccccc1)NC(=O)Cc1ccc(C(F)(F)F)cc1. The van der Waals surface area contributed by atoms with Crippen molar-refractivity contribution >= 4 is 11.9 Å². The number of carboxylic acid groups (broad SMARTS) is 1. The fraction of sp³-hybridized carbons (Fsp3) is 0.300. The zero-order valence-electron chi connectivity index (χ0n) is 14.5. The molecule has 0 aromatic heterocycles. The van der Waals surface area contributed by atoms with Gasteiger partial charge in [0.05, 0.1) is 12.0 Å². The lowest BCUT2D eigenvalue weighted by Crippen LogP contribution is -2.37. The zero-order valence-corrected chi connectivity index (χ0v) is 14.5. The number of aliphatic carboxylic acids is 1. The molecule has 2 aromatic carbocycles. The van der Waals surface area contributed by atoms with E-state index >= 15 is 0 Å². The van der Waals surface area contributed by atoms with E-state index in [4.69, 9.17) is 5.11 Å². The highest BCUT2D eigenvalue weighted by Crippen LogP contribution is 2.29. The summed E-state index contributed by atoms with van der Waals surface area (Å²) in [7, 11) is 0. The van der Waals surface area contributed by atoms with Crippen LogP contribution in [0.1, 0.15) is 29.5 Å². The van der Waals surface area contributed by atoms with Crippen LogP contribution in [0.4, 0.5) is 13.2 Å². The third-order valence-corrected chi connectivity index (χ3v) is 4.04. The van der Waals surface area contributed by atoms with E-state index in [-0.39, 0.29) is 31.2 Å². The summed E-state index contributed by atoms with van der Waals surface area (Å²) in [6.07, 6.45) is -3.83. The Morgan fingerprint density at radius 3 is 2.15 bits per heavy atom. The predicted molar refractivity (Wildman–Crippen MR) is 94.1 cm³/mol. The molecule has 0 bridgehead atoms. The normalized spacial score (nSPS) is 12.4. The van der Waals surface area contributed by atoms with Gasteiger partial charge in [0.2, 0.25) is 5.91 Å². The smallest absolute Gasteiger partial charge is 0.416 e. The van der Waals surface area contributed by atoms with Gasteiger partial charge in [-0.15, -0.1) is 0 Å². The Bertz CT molecular complexity index is 758. The van der Waals surface area contributed by atoms with Gasteiger partial charge in [-0.2, -0.15) is 13.2 Å². The molecule has 2 N–H and O–H groups in total. The summed E-state index contributed by atoms with van der Waals surface area (Å²) in [5.41, 5.74) is 0.648. The van der Waals surface area contributed by atoms with Crippen LogP contribution in [-0.4, -0.2) is 23.0 Å². The van der Waals surface area contributed by atoms with E-state index in [9.17, 15) is 22.8 Å². The topological polar surface area (TPSA) is 66.4 Å². The Morgan fingerprint density at radius 2 is 1.59 bits per heavy atom. The maximum atomic E-state index is 12.6. The van der Waals surface area contributed by atoms with E-state index in [1.165, 1.54) is 12.1 Å². The first kappa shape index (κ1) is 20.5. The molecule has 1 unspecified atom stereocenters. The van der Waals surface area contributed by atoms with E-state index in [1.807, 2.05) is 30.3 Å². The number of hydrogen-bond acceptors (Lipinski definition) is 2.